The molecule has 2 N–H and O–H groups in total. The molecule has 3 saturated carbocycles. The highest BCUT2D eigenvalue weighted by Crippen LogP contribution is 2.44. The minimum atomic E-state index is 0.233. The van der Waals surface area contributed by atoms with Gasteiger partial charge >= 0.3 is 0 Å². The molecule has 0 aromatic carbocycles. The molecule has 0 radical (unpaired) electrons. The second-order valence-corrected chi connectivity index (χ2v) is 10.0. The maximum absolute atomic E-state index is 12.9. The molecule has 1 aliphatic heterocycles. The number of piperazine rings is 1. The number of anilines is 1. The van der Waals surface area contributed by atoms with Crippen LogP contribution in [0.5, 0.6) is 0 Å². The van der Waals surface area contributed by atoms with Crippen molar-refractivity contribution in [2.75, 3.05) is 30.8 Å². The van der Waals surface area contributed by atoms with Gasteiger partial charge in [0, 0.05) is 61.3 Å². The number of nitriles is 1. The summed E-state index contributed by atoms with van der Waals surface area (Å²) in [5, 5.41) is 17.9. The van der Waals surface area contributed by atoms with E-state index in [1.54, 1.807) is 0 Å². The van der Waals surface area contributed by atoms with Gasteiger partial charge in [0.05, 0.1) is 17.3 Å². The Kier molecular flexibility index (Phi) is 5.85. The Morgan fingerprint density at radius 3 is 2.66 bits per heavy atom. The van der Waals surface area contributed by atoms with Crippen LogP contribution in [0.1, 0.15) is 61.3 Å². The Morgan fingerprint density at radius 1 is 1.28 bits per heavy atom. The minimum Gasteiger partial charge on any atom is -0.352 e. The Balaban J connectivity index is 1.47. The molecule has 2 heterocycles. The van der Waals surface area contributed by atoms with Gasteiger partial charge in [-0.15, -0.1) is 0 Å². The summed E-state index contributed by atoms with van der Waals surface area (Å²) < 4.78 is 3.10. The number of nitrogens with one attached hydrogen (secondary N) is 2. The summed E-state index contributed by atoms with van der Waals surface area (Å²) in [5.74, 6) is 2.32. The standard InChI is InChI=1S/C24H30N6OS/c1-32-27-13-19(12-26)20-10-18(11-25)23(28-22(20)16-4-5-16)29-8-9-30(24(31)17-6-7-17)21(14-29)15-2-3-15/h10,12-13,15-17,21,26-27H,2-9,14H2,1H3/b19-13+,26-12?. The van der Waals surface area contributed by atoms with Crippen molar-refractivity contribution in [3.8, 4) is 6.07 Å². The topological polar surface area (TPSA) is 96.1 Å². The molecule has 1 aromatic heterocycles. The Bertz CT molecular complexity index is 989. The highest BCUT2D eigenvalue weighted by molar-refractivity contribution is 7.96. The van der Waals surface area contributed by atoms with Crippen molar-refractivity contribution in [2.24, 2.45) is 11.8 Å². The van der Waals surface area contributed by atoms with E-state index in [-0.39, 0.29) is 12.0 Å². The molecule has 0 bridgehead atoms. The number of allylic oxidation sites excluding steroid dienone is 1. The normalized spacial score (nSPS) is 23.6. The molecule has 4 aliphatic rings. The van der Waals surface area contributed by atoms with E-state index in [9.17, 15) is 10.1 Å². The number of carbonyl (C=O) groups is 1. The third-order valence-electron chi connectivity index (χ3n) is 7.01. The van der Waals surface area contributed by atoms with Crippen molar-refractivity contribution in [3.05, 3.63) is 29.1 Å². The fraction of sp³-hybridized carbons (Fsp3) is 0.583. The van der Waals surface area contributed by atoms with E-state index >= 15 is 0 Å². The first-order valence-corrected chi connectivity index (χ1v) is 12.9. The number of aromatic nitrogens is 1. The van der Waals surface area contributed by atoms with Gasteiger partial charge in [-0.1, -0.05) is 11.9 Å². The maximum atomic E-state index is 12.9. The number of pyridine rings is 1. The van der Waals surface area contributed by atoms with Gasteiger partial charge in [0.2, 0.25) is 5.91 Å². The van der Waals surface area contributed by atoms with E-state index in [0.29, 0.717) is 36.4 Å². The van der Waals surface area contributed by atoms with Crippen LogP contribution in [0.3, 0.4) is 0 Å². The molecule has 1 amide bonds. The average Bonchev–Trinajstić information content (AvgIpc) is 3.68. The summed E-state index contributed by atoms with van der Waals surface area (Å²) in [7, 11) is 0. The van der Waals surface area contributed by atoms with Gasteiger partial charge in [-0.3, -0.25) is 4.79 Å². The first kappa shape index (κ1) is 21.3. The Labute approximate surface area is 193 Å². The molecule has 1 aromatic rings. The van der Waals surface area contributed by atoms with Crippen LogP contribution in [0, 0.1) is 28.6 Å². The second kappa shape index (κ2) is 8.78. The van der Waals surface area contributed by atoms with Gasteiger partial charge in [0.1, 0.15) is 11.9 Å². The van der Waals surface area contributed by atoms with Gasteiger partial charge in [-0.05, 0) is 50.5 Å². The van der Waals surface area contributed by atoms with Crippen LogP contribution in [-0.4, -0.2) is 53.9 Å². The zero-order valence-corrected chi connectivity index (χ0v) is 19.3. The van der Waals surface area contributed by atoms with Crippen molar-refractivity contribution >= 4 is 35.5 Å². The largest absolute Gasteiger partial charge is 0.352 e. The monoisotopic (exact) mass is 450 g/mol. The Morgan fingerprint density at radius 2 is 2.06 bits per heavy atom. The van der Waals surface area contributed by atoms with Gasteiger partial charge in [0.25, 0.3) is 0 Å². The zero-order chi connectivity index (χ0) is 22.2. The molecule has 1 atom stereocenters. The minimum absolute atomic E-state index is 0.233. The lowest BCUT2D eigenvalue weighted by molar-refractivity contribution is -0.135. The number of nitrogens with zero attached hydrogens (tertiary/aromatic N) is 4. The zero-order valence-electron chi connectivity index (χ0n) is 18.5. The number of amides is 1. The fourth-order valence-corrected chi connectivity index (χ4v) is 5.03. The molecule has 1 saturated heterocycles. The first-order valence-electron chi connectivity index (χ1n) is 11.6. The van der Waals surface area contributed by atoms with Crippen molar-refractivity contribution in [3.63, 3.8) is 0 Å². The van der Waals surface area contributed by atoms with Gasteiger partial charge in [0.15, 0.2) is 0 Å². The number of rotatable bonds is 8. The van der Waals surface area contributed by atoms with Crippen LogP contribution in [0.4, 0.5) is 5.82 Å². The van der Waals surface area contributed by atoms with E-state index in [2.05, 4.69) is 20.6 Å². The molecule has 0 spiro atoms. The molecular weight excluding hydrogens is 420 g/mol. The van der Waals surface area contributed by atoms with Crippen LogP contribution >= 0.6 is 11.9 Å². The van der Waals surface area contributed by atoms with Crippen molar-refractivity contribution in [1.82, 2.24) is 14.6 Å². The predicted octanol–water partition coefficient (Wildman–Crippen LogP) is 3.53. The molecule has 4 fully saturated rings. The molecule has 7 nitrogen and oxygen atoms in total. The SMILES string of the molecule is CSN/C=C(\C=N)c1cc(C#N)c(N2CCN(C(=O)C3CC3)C(C3CC3)C2)nc1C1CC1. The molecule has 168 valence electrons. The average molecular weight is 451 g/mol. The molecule has 1 unspecified atom stereocenters. The van der Waals surface area contributed by atoms with Crippen LogP contribution < -0.4 is 9.62 Å². The summed E-state index contributed by atoms with van der Waals surface area (Å²) in [5.41, 5.74) is 3.17. The lowest BCUT2D eigenvalue weighted by Gasteiger charge is -2.43. The van der Waals surface area contributed by atoms with Gasteiger partial charge in [-0.25, -0.2) is 4.98 Å². The predicted molar refractivity (Wildman–Crippen MR) is 128 cm³/mol. The highest BCUT2D eigenvalue weighted by Gasteiger charge is 2.45. The van der Waals surface area contributed by atoms with Crippen LogP contribution in [-0.2, 0) is 4.79 Å². The van der Waals surface area contributed by atoms with Crippen LogP contribution in [0.25, 0.3) is 5.57 Å². The summed E-state index contributed by atoms with van der Waals surface area (Å²) in [6, 6.07) is 4.52. The lowest BCUT2D eigenvalue weighted by Crippen LogP contribution is -2.57. The molecule has 5 rings (SSSR count). The number of hydrogen-bond donors (Lipinski definition) is 2. The second-order valence-electron chi connectivity index (χ2n) is 9.40. The van der Waals surface area contributed by atoms with E-state index < -0.39 is 0 Å². The van der Waals surface area contributed by atoms with E-state index in [4.69, 9.17) is 10.4 Å². The van der Waals surface area contributed by atoms with Crippen molar-refractivity contribution in [2.45, 2.75) is 50.5 Å². The van der Waals surface area contributed by atoms with Crippen molar-refractivity contribution < 1.29 is 4.79 Å². The van der Waals surface area contributed by atoms with E-state index in [0.717, 1.165) is 54.9 Å². The summed E-state index contributed by atoms with van der Waals surface area (Å²) in [6.45, 7) is 2.19. The lowest BCUT2D eigenvalue weighted by atomic mass is 9.99. The molecular formula is C24H30N6OS. The van der Waals surface area contributed by atoms with Crippen molar-refractivity contribution in [1.29, 1.82) is 10.7 Å². The fourth-order valence-electron chi connectivity index (χ4n) is 4.78. The quantitative estimate of drug-likeness (QED) is 0.465. The summed E-state index contributed by atoms with van der Waals surface area (Å²) in [6.07, 6.45) is 11.7. The third kappa shape index (κ3) is 4.23. The molecule has 8 heteroatoms. The number of hydrogen-bond acceptors (Lipinski definition) is 7. The third-order valence-corrected chi connectivity index (χ3v) is 7.36. The summed E-state index contributed by atoms with van der Waals surface area (Å²) in [4.78, 5) is 22.3. The smallest absolute Gasteiger partial charge is 0.226 e. The maximum Gasteiger partial charge on any atom is 0.226 e. The van der Waals surface area contributed by atoms with Gasteiger partial charge in [-0.2, -0.15) is 5.26 Å². The summed E-state index contributed by atoms with van der Waals surface area (Å²) >= 11 is 1.47. The Hall–Kier alpha value is -2.53. The van der Waals surface area contributed by atoms with Crippen LogP contribution in [0.2, 0.25) is 0 Å². The number of carbonyl (C=O) groups excluding carboxylic acids is 1. The molecule has 3 aliphatic carbocycles. The molecule has 32 heavy (non-hydrogen) atoms. The van der Waals surface area contributed by atoms with E-state index in [1.165, 1.54) is 31.0 Å². The van der Waals surface area contributed by atoms with Crippen LogP contribution in [0.15, 0.2) is 12.3 Å². The van der Waals surface area contributed by atoms with Gasteiger partial charge < -0.3 is 19.9 Å². The van der Waals surface area contributed by atoms with E-state index in [1.807, 2.05) is 18.5 Å². The first-order chi connectivity index (χ1) is 15.6. The highest BCUT2D eigenvalue weighted by atomic mass is 32.2.